The van der Waals surface area contributed by atoms with E-state index in [9.17, 15) is 5.11 Å². The number of methoxy groups -OCH3 is 1. The molecule has 1 aromatic heterocycles. The zero-order chi connectivity index (χ0) is 20.5. The van der Waals surface area contributed by atoms with Gasteiger partial charge in [0.2, 0.25) is 0 Å². The lowest BCUT2D eigenvalue weighted by molar-refractivity contribution is 0.416. The molecule has 0 saturated carbocycles. The molecule has 30 heavy (non-hydrogen) atoms. The van der Waals surface area contributed by atoms with Gasteiger partial charge in [-0.2, -0.15) is 0 Å². The van der Waals surface area contributed by atoms with Crippen molar-refractivity contribution in [3.05, 3.63) is 95.4 Å². The summed E-state index contributed by atoms with van der Waals surface area (Å²) in [6, 6.07) is 26.5. The van der Waals surface area contributed by atoms with E-state index < -0.39 is 0 Å². The van der Waals surface area contributed by atoms with Crippen molar-refractivity contribution in [1.82, 2.24) is 0 Å². The molecule has 4 heteroatoms. The largest absolute Gasteiger partial charge is 0.507 e. The van der Waals surface area contributed by atoms with E-state index in [1.165, 1.54) is 0 Å². The van der Waals surface area contributed by atoms with Crippen molar-refractivity contribution < 1.29 is 9.84 Å². The van der Waals surface area contributed by atoms with E-state index in [1.807, 2.05) is 48.5 Å². The van der Waals surface area contributed by atoms with Gasteiger partial charge in [0.05, 0.1) is 12.7 Å². The van der Waals surface area contributed by atoms with Crippen LogP contribution in [0.3, 0.4) is 0 Å². The molecule has 5 rings (SSSR count). The molecule has 2 heterocycles. The fourth-order valence-electron chi connectivity index (χ4n) is 3.93. The molecule has 0 atom stereocenters. The molecular weight excluding hydrogens is 390 g/mol. The Bertz CT molecular complexity index is 1230. The highest BCUT2D eigenvalue weighted by Crippen LogP contribution is 2.45. The molecule has 4 aromatic rings. The van der Waals surface area contributed by atoms with Crippen molar-refractivity contribution in [1.29, 1.82) is 0 Å². The monoisotopic (exact) mass is 411 g/mol. The molecule has 0 aliphatic carbocycles. The fraction of sp³-hybridized carbons (Fsp3) is 0.0769. The smallest absolute Gasteiger partial charge is 0.131 e. The van der Waals surface area contributed by atoms with Gasteiger partial charge in [0.1, 0.15) is 16.5 Å². The maximum absolute atomic E-state index is 11.2. The Kier molecular flexibility index (Phi) is 4.77. The van der Waals surface area contributed by atoms with E-state index in [2.05, 4.69) is 41.0 Å². The fourth-order valence-corrected chi connectivity index (χ4v) is 4.90. The van der Waals surface area contributed by atoms with Crippen molar-refractivity contribution in [2.75, 3.05) is 19.0 Å². The molecule has 148 valence electrons. The summed E-state index contributed by atoms with van der Waals surface area (Å²) in [6.07, 6.45) is 0. The van der Waals surface area contributed by atoms with Crippen LogP contribution < -0.4 is 10.1 Å². The first kappa shape index (κ1) is 18.5. The number of hydrogen-bond donors (Lipinski definition) is 2. The molecule has 0 unspecified atom stereocenters. The summed E-state index contributed by atoms with van der Waals surface area (Å²) < 4.78 is 5.71. The molecule has 2 N–H and O–H groups in total. The third-order valence-electron chi connectivity index (χ3n) is 5.46. The van der Waals surface area contributed by atoms with E-state index in [1.54, 1.807) is 18.4 Å². The predicted molar refractivity (Wildman–Crippen MR) is 126 cm³/mol. The number of nitrogens with one attached hydrogen (secondary N) is 1. The molecule has 3 aromatic carbocycles. The van der Waals surface area contributed by atoms with Crippen LogP contribution in [0.1, 0.15) is 11.1 Å². The van der Waals surface area contributed by atoms with Crippen LogP contribution in [0.4, 0.5) is 5.00 Å². The summed E-state index contributed by atoms with van der Waals surface area (Å²) in [7, 11) is 1.70. The van der Waals surface area contributed by atoms with Gasteiger partial charge in [-0.3, -0.25) is 0 Å². The van der Waals surface area contributed by atoms with Crippen molar-refractivity contribution in [3.8, 4) is 28.0 Å². The van der Waals surface area contributed by atoms with Crippen molar-refractivity contribution >= 4 is 27.7 Å². The topological polar surface area (TPSA) is 41.5 Å². The number of thiophene rings is 1. The third-order valence-corrected chi connectivity index (χ3v) is 6.40. The molecule has 0 radical (unpaired) electrons. The lowest BCUT2D eigenvalue weighted by Gasteiger charge is -2.20. The number of hydrogen-bond acceptors (Lipinski definition) is 4. The van der Waals surface area contributed by atoms with Gasteiger partial charge in [-0.05, 0) is 22.8 Å². The molecule has 1 aliphatic rings. The van der Waals surface area contributed by atoms with Crippen LogP contribution in [0.25, 0.3) is 33.6 Å². The van der Waals surface area contributed by atoms with Gasteiger partial charge >= 0.3 is 0 Å². The predicted octanol–water partition coefficient (Wildman–Crippen LogP) is 6.94. The Morgan fingerprint density at radius 3 is 2.23 bits per heavy atom. The van der Waals surface area contributed by atoms with Crippen LogP contribution in [0.5, 0.6) is 5.75 Å². The standard InChI is InChI=1S/C26H21NO2S/c1-29-23-14-19(12-13-20(23)17-8-4-2-5-9-17)22-16-30-26-24(22)25(28)21(15-27-26)18-10-6-3-7-11-18/h2-14,16,27-28H,15H2,1H3. The van der Waals surface area contributed by atoms with E-state index in [0.717, 1.165) is 49.7 Å². The van der Waals surface area contributed by atoms with Crippen molar-refractivity contribution in [2.45, 2.75) is 0 Å². The summed E-state index contributed by atoms with van der Waals surface area (Å²) in [5.41, 5.74) is 6.99. The van der Waals surface area contributed by atoms with Crippen LogP contribution in [-0.2, 0) is 0 Å². The van der Waals surface area contributed by atoms with Crippen LogP contribution in [0.2, 0.25) is 0 Å². The number of aliphatic hydroxyl groups is 1. The van der Waals surface area contributed by atoms with Gasteiger partial charge in [-0.15, -0.1) is 11.3 Å². The van der Waals surface area contributed by atoms with Gasteiger partial charge in [0, 0.05) is 28.6 Å². The SMILES string of the molecule is COc1cc(-c2csc3c2C(O)=C(c2ccccc2)CN3)ccc1-c1ccccc1. The van der Waals surface area contributed by atoms with E-state index >= 15 is 0 Å². The minimum Gasteiger partial charge on any atom is -0.507 e. The summed E-state index contributed by atoms with van der Waals surface area (Å²) in [5, 5.41) is 17.7. The molecule has 0 fully saturated rings. The van der Waals surface area contributed by atoms with E-state index in [0.29, 0.717) is 12.3 Å². The highest BCUT2D eigenvalue weighted by molar-refractivity contribution is 7.15. The van der Waals surface area contributed by atoms with Gasteiger partial charge in [0.25, 0.3) is 0 Å². The van der Waals surface area contributed by atoms with Crippen molar-refractivity contribution in [2.24, 2.45) is 0 Å². The lowest BCUT2D eigenvalue weighted by Crippen LogP contribution is -2.12. The Balaban J connectivity index is 1.61. The Morgan fingerprint density at radius 1 is 0.833 bits per heavy atom. The zero-order valence-corrected chi connectivity index (χ0v) is 17.4. The number of aliphatic hydroxyl groups excluding tert-OH is 1. The average Bonchev–Trinajstić information content (AvgIpc) is 3.25. The van der Waals surface area contributed by atoms with Crippen LogP contribution in [-0.4, -0.2) is 18.8 Å². The number of benzene rings is 3. The maximum Gasteiger partial charge on any atom is 0.131 e. The Morgan fingerprint density at radius 2 is 1.53 bits per heavy atom. The van der Waals surface area contributed by atoms with E-state index in [4.69, 9.17) is 4.74 Å². The first-order chi connectivity index (χ1) is 14.8. The number of rotatable bonds is 4. The normalized spacial score (nSPS) is 13.0. The van der Waals surface area contributed by atoms with Gasteiger partial charge in [0.15, 0.2) is 0 Å². The number of anilines is 1. The molecule has 0 spiro atoms. The molecule has 0 bridgehead atoms. The highest BCUT2D eigenvalue weighted by atomic mass is 32.1. The lowest BCUT2D eigenvalue weighted by atomic mass is 9.93. The summed E-state index contributed by atoms with van der Waals surface area (Å²) in [5.74, 6) is 1.16. The Hall–Kier alpha value is -3.50. The molecule has 0 amide bonds. The molecule has 1 aliphatic heterocycles. The quantitative estimate of drug-likeness (QED) is 0.382. The third kappa shape index (κ3) is 3.15. The Labute approximate surface area is 179 Å². The molecular formula is C26H21NO2S. The molecule has 0 saturated heterocycles. The van der Waals surface area contributed by atoms with Crippen LogP contribution >= 0.6 is 11.3 Å². The number of fused-ring (bicyclic) bond motifs is 1. The van der Waals surface area contributed by atoms with Gasteiger partial charge in [-0.1, -0.05) is 72.8 Å². The van der Waals surface area contributed by atoms with Gasteiger partial charge in [-0.25, -0.2) is 0 Å². The highest BCUT2D eigenvalue weighted by Gasteiger charge is 2.25. The first-order valence-corrected chi connectivity index (χ1v) is 10.7. The summed E-state index contributed by atoms with van der Waals surface area (Å²) >= 11 is 1.62. The second kappa shape index (κ2) is 7.73. The first-order valence-electron chi connectivity index (χ1n) is 9.83. The summed E-state index contributed by atoms with van der Waals surface area (Å²) in [6.45, 7) is 0.610. The van der Waals surface area contributed by atoms with E-state index in [-0.39, 0.29) is 0 Å². The average molecular weight is 412 g/mol. The maximum atomic E-state index is 11.2. The van der Waals surface area contributed by atoms with Crippen LogP contribution in [0, 0.1) is 0 Å². The summed E-state index contributed by atoms with van der Waals surface area (Å²) in [4.78, 5) is 0. The minimum absolute atomic E-state index is 0.345. The van der Waals surface area contributed by atoms with Crippen molar-refractivity contribution in [3.63, 3.8) is 0 Å². The zero-order valence-electron chi connectivity index (χ0n) is 16.6. The molecule has 3 nitrogen and oxygen atoms in total. The minimum atomic E-state index is 0.345. The second-order valence-electron chi connectivity index (χ2n) is 7.18. The van der Waals surface area contributed by atoms with Crippen LogP contribution in [0.15, 0.2) is 84.2 Å². The van der Waals surface area contributed by atoms with Gasteiger partial charge < -0.3 is 15.2 Å². The second-order valence-corrected chi connectivity index (χ2v) is 8.06. The number of ether oxygens (including phenoxy) is 1.